The Bertz CT molecular complexity index is 5110. The second kappa shape index (κ2) is 18.8. The van der Waals surface area contributed by atoms with Crippen molar-refractivity contribution in [2.75, 3.05) is 4.90 Å². The molecule has 2 aliphatic rings. The Kier molecular flexibility index (Phi) is 10.7. The van der Waals surface area contributed by atoms with E-state index in [0.29, 0.717) is 0 Å². The highest BCUT2D eigenvalue weighted by molar-refractivity contribution is 6.13. The van der Waals surface area contributed by atoms with Gasteiger partial charge in [0.15, 0.2) is 0 Å². The highest BCUT2D eigenvalue weighted by Gasteiger charge is 2.51. The van der Waals surface area contributed by atoms with Gasteiger partial charge in [0, 0.05) is 50.0 Å². The molecule has 0 amide bonds. The zero-order chi connectivity index (χ0) is 55.5. The number of rotatable bonds is 9. The molecule has 0 aliphatic heterocycles. The van der Waals surface area contributed by atoms with E-state index in [4.69, 9.17) is 0 Å². The molecule has 392 valence electrons. The van der Waals surface area contributed by atoms with Gasteiger partial charge in [0.1, 0.15) is 0 Å². The van der Waals surface area contributed by atoms with Gasteiger partial charge in [-0.2, -0.15) is 0 Å². The molecule has 1 atom stereocenters. The lowest BCUT2D eigenvalue weighted by Gasteiger charge is -2.31. The first-order chi connectivity index (χ1) is 41.6. The van der Waals surface area contributed by atoms with Crippen LogP contribution in [0.25, 0.3) is 117 Å². The lowest BCUT2D eigenvalue weighted by Crippen LogP contribution is -2.26. The van der Waals surface area contributed by atoms with Crippen LogP contribution in [0.1, 0.15) is 27.8 Å². The summed E-state index contributed by atoms with van der Waals surface area (Å²) in [5, 5.41) is 4.81. The molecule has 0 saturated heterocycles. The summed E-state index contributed by atoms with van der Waals surface area (Å²) in [6.07, 6.45) is 1.91. The quantitative estimate of drug-likeness (QED) is 0.140. The maximum atomic E-state index is 4.02. The number of hydrogen-bond acceptors (Lipinski definition) is 1. The Morgan fingerprint density at radius 1 is 0.274 bits per heavy atom. The molecule has 0 bridgehead atoms. The van der Waals surface area contributed by atoms with E-state index in [1.807, 2.05) is 6.08 Å². The Morgan fingerprint density at radius 2 is 0.690 bits per heavy atom. The molecule has 1 unspecified atom stereocenters. The summed E-state index contributed by atoms with van der Waals surface area (Å²) < 4.78 is 4.85. The van der Waals surface area contributed by atoms with Gasteiger partial charge in [-0.25, -0.2) is 0 Å². The van der Waals surface area contributed by atoms with Crippen LogP contribution >= 0.6 is 0 Å². The molecule has 0 radical (unpaired) electrons. The van der Waals surface area contributed by atoms with Crippen LogP contribution < -0.4 is 4.90 Å². The summed E-state index contributed by atoms with van der Waals surface area (Å²) in [5.74, 6) is 0. The fourth-order valence-corrected chi connectivity index (χ4v) is 14.3. The lowest BCUT2D eigenvalue weighted by atomic mass is 9.70. The maximum absolute atomic E-state index is 4.02. The van der Waals surface area contributed by atoms with E-state index in [2.05, 4.69) is 324 Å². The fourth-order valence-electron chi connectivity index (χ4n) is 14.3. The Morgan fingerprint density at radius 3 is 1.35 bits per heavy atom. The van der Waals surface area contributed by atoms with Gasteiger partial charge in [-0.3, -0.25) is 0 Å². The molecule has 0 N–H and O–H groups in total. The minimum Gasteiger partial charge on any atom is -0.310 e. The van der Waals surface area contributed by atoms with Crippen molar-refractivity contribution in [1.82, 2.24) is 9.13 Å². The summed E-state index contributed by atoms with van der Waals surface area (Å²) in [4.78, 5) is 2.44. The van der Waals surface area contributed by atoms with E-state index in [1.165, 1.54) is 105 Å². The molecule has 0 fully saturated rings. The first kappa shape index (κ1) is 47.8. The standard InChI is InChI=1S/C81H53N3/c1-2-53-30-32-56(33-31-53)58-36-43-67-65-24-12-15-27-73(65)81(75(67)49-58)74-28-16-13-25-66(74)68-44-37-59(50-76(68)81)57-38-46-78-71(48-57)72-51-63(42-47-79(72)83(78)60-20-8-4-9-21-60)82(62-39-34-55(35-40-62)54-18-6-3-7-19-54)64-41-45-70-69-26-14-17-29-77(69)84(80(70)52-64)61-22-10-5-11-23-61/h2-52H,1H2. The summed E-state index contributed by atoms with van der Waals surface area (Å²) in [6.45, 7) is 4.02. The molecule has 3 heteroatoms. The molecule has 84 heavy (non-hydrogen) atoms. The highest BCUT2D eigenvalue weighted by Crippen LogP contribution is 2.63. The van der Waals surface area contributed by atoms with Crippen molar-refractivity contribution < 1.29 is 0 Å². The number of anilines is 3. The summed E-state index contributed by atoms with van der Waals surface area (Å²) in [5.41, 5.74) is 28.3. The van der Waals surface area contributed by atoms with Crippen LogP contribution in [0.2, 0.25) is 0 Å². The van der Waals surface area contributed by atoms with Crippen LogP contribution in [-0.2, 0) is 5.41 Å². The van der Waals surface area contributed by atoms with Crippen LogP contribution in [-0.4, -0.2) is 9.13 Å². The van der Waals surface area contributed by atoms with Crippen molar-refractivity contribution >= 4 is 66.7 Å². The van der Waals surface area contributed by atoms with Crippen molar-refractivity contribution in [2.45, 2.75) is 5.41 Å². The minimum atomic E-state index is -0.519. The van der Waals surface area contributed by atoms with Gasteiger partial charge in [-0.15, -0.1) is 0 Å². The molecule has 13 aromatic carbocycles. The average molecular weight is 1070 g/mol. The number of benzene rings is 13. The lowest BCUT2D eigenvalue weighted by molar-refractivity contribution is 0.794. The summed E-state index contributed by atoms with van der Waals surface area (Å²) in [6, 6.07) is 113. The first-order valence-corrected chi connectivity index (χ1v) is 29.0. The SMILES string of the molecule is C=Cc1ccc(-c2ccc3c(c2)C2(c4ccccc4-3)c3ccccc3-c3ccc(-c4ccc5c(c4)c4cc(N(c6ccc(-c7ccccc7)cc6)c6ccc7c8ccccc8n(-c8ccccc8)c7c6)ccc4n5-c4ccccc4)cc32)cc1. The van der Waals surface area contributed by atoms with Gasteiger partial charge in [-0.1, -0.05) is 219 Å². The van der Waals surface area contributed by atoms with Crippen molar-refractivity contribution in [3.05, 3.63) is 338 Å². The molecule has 15 aromatic rings. The van der Waals surface area contributed by atoms with Gasteiger partial charge in [0.05, 0.1) is 27.5 Å². The molecule has 2 heterocycles. The van der Waals surface area contributed by atoms with Crippen LogP contribution in [0.5, 0.6) is 0 Å². The number of fused-ring (bicyclic) bond motifs is 16. The van der Waals surface area contributed by atoms with E-state index >= 15 is 0 Å². The second-order valence-corrected chi connectivity index (χ2v) is 22.4. The van der Waals surface area contributed by atoms with Crippen LogP contribution in [0.15, 0.2) is 310 Å². The predicted octanol–water partition coefficient (Wildman–Crippen LogP) is 21.3. The van der Waals surface area contributed by atoms with Crippen molar-refractivity contribution in [1.29, 1.82) is 0 Å². The van der Waals surface area contributed by atoms with Crippen molar-refractivity contribution in [2.24, 2.45) is 0 Å². The van der Waals surface area contributed by atoms with E-state index in [9.17, 15) is 0 Å². The summed E-state index contributed by atoms with van der Waals surface area (Å²) in [7, 11) is 0. The summed E-state index contributed by atoms with van der Waals surface area (Å²) >= 11 is 0. The van der Waals surface area contributed by atoms with Crippen LogP contribution in [0.4, 0.5) is 17.1 Å². The number of aromatic nitrogens is 2. The monoisotopic (exact) mass is 1070 g/mol. The Hall–Kier alpha value is -11.0. The Labute approximate surface area is 488 Å². The largest absolute Gasteiger partial charge is 0.310 e. The van der Waals surface area contributed by atoms with Gasteiger partial charge in [0.25, 0.3) is 0 Å². The zero-order valence-corrected chi connectivity index (χ0v) is 46.0. The average Bonchev–Trinajstić information content (AvgIpc) is 1.85. The molecule has 2 aliphatic carbocycles. The predicted molar refractivity (Wildman–Crippen MR) is 353 cm³/mol. The number of nitrogens with zero attached hydrogens (tertiary/aromatic N) is 3. The van der Waals surface area contributed by atoms with Crippen LogP contribution in [0, 0.1) is 0 Å². The fraction of sp³-hybridized carbons (Fsp3) is 0.0123. The van der Waals surface area contributed by atoms with E-state index in [-0.39, 0.29) is 0 Å². The molecule has 1 spiro atoms. The maximum Gasteiger partial charge on any atom is 0.0725 e. The smallest absolute Gasteiger partial charge is 0.0725 e. The number of hydrogen-bond donors (Lipinski definition) is 0. The number of para-hydroxylation sites is 3. The molecule has 2 aromatic heterocycles. The third-order valence-electron chi connectivity index (χ3n) is 18.1. The topological polar surface area (TPSA) is 13.1 Å². The minimum absolute atomic E-state index is 0.519. The highest BCUT2D eigenvalue weighted by atomic mass is 15.1. The van der Waals surface area contributed by atoms with E-state index in [0.717, 1.165) is 50.6 Å². The van der Waals surface area contributed by atoms with Gasteiger partial charge < -0.3 is 14.0 Å². The van der Waals surface area contributed by atoms with Crippen LogP contribution in [0.3, 0.4) is 0 Å². The third-order valence-corrected chi connectivity index (χ3v) is 18.1. The van der Waals surface area contributed by atoms with Gasteiger partial charge >= 0.3 is 0 Å². The molecular weight excluding hydrogens is 1010 g/mol. The van der Waals surface area contributed by atoms with Gasteiger partial charge in [0.2, 0.25) is 0 Å². The van der Waals surface area contributed by atoms with Crippen molar-refractivity contribution in [3.63, 3.8) is 0 Å². The molecule has 3 nitrogen and oxygen atoms in total. The molecule has 17 rings (SSSR count). The van der Waals surface area contributed by atoms with E-state index in [1.54, 1.807) is 0 Å². The Balaban J connectivity index is 0.868. The molecular formula is C81H53N3. The van der Waals surface area contributed by atoms with Gasteiger partial charge in [-0.05, 0) is 181 Å². The second-order valence-electron chi connectivity index (χ2n) is 22.4. The first-order valence-electron chi connectivity index (χ1n) is 29.0. The van der Waals surface area contributed by atoms with Crippen molar-refractivity contribution in [3.8, 4) is 67.0 Å². The normalized spacial score (nSPS) is 13.8. The van der Waals surface area contributed by atoms with E-state index < -0.39 is 5.41 Å². The third kappa shape index (κ3) is 7.12. The molecule has 0 saturated carbocycles. The zero-order valence-electron chi connectivity index (χ0n) is 46.0.